The van der Waals surface area contributed by atoms with Crippen molar-refractivity contribution in [2.45, 2.75) is 13.5 Å². The molecular weight excluding hydrogens is 442 g/mol. The maximum atomic E-state index is 12.9. The zero-order valence-electron chi connectivity index (χ0n) is 17.8. The van der Waals surface area contributed by atoms with Gasteiger partial charge >= 0.3 is 0 Å². The minimum Gasteiger partial charge on any atom is -0.379 e. The van der Waals surface area contributed by atoms with E-state index < -0.39 is 11.8 Å². The number of nitrogens with one attached hydrogen (secondary N) is 2. The van der Waals surface area contributed by atoms with Gasteiger partial charge in [0.1, 0.15) is 0 Å². The van der Waals surface area contributed by atoms with E-state index in [4.69, 9.17) is 11.5 Å². The van der Waals surface area contributed by atoms with Gasteiger partial charge in [0.15, 0.2) is 5.69 Å². The second kappa shape index (κ2) is 9.56. The number of para-hydroxylation sites is 1. The number of rotatable bonds is 8. The number of hydrazone groups is 1. The van der Waals surface area contributed by atoms with Crippen LogP contribution >= 0.6 is 0 Å². The number of hydrogen-bond donors (Lipinski definition) is 4. The first-order valence-corrected chi connectivity index (χ1v) is 9.87. The molecule has 0 unspecified atom stereocenters. The van der Waals surface area contributed by atoms with Crippen molar-refractivity contribution < 1.29 is 14.2 Å². The normalized spacial score (nSPS) is 11.3. The quantitative estimate of drug-likeness (QED) is 0.211. The Bertz CT molecular complexity index is 1360. The fraction of sp³-hybridized carbons (Fsp3) is 0.100. The Kier molecular flexibility index (Phi) is 6.20. The monoisotopic (exact) mass is 461 g/mol. The predicted octanol–water partition coefficient (Wildman–Crippen LogP) is 0.493. The van der Waals surface area contributed by atoms with Gasteiger partial charge in [0.05, 0.1) is 29.2 Å². The van der Waals surface area contributed by atoms with Gasteiger partial charge in [-0.25, -0.2) is 10.1 Å². The Balaban J connectivity index is 1.64. The van der Waals surface area contributed by atoms with Crippen molar-refractivity contribution in [3.8, 4) is 5.82 Å². The molecule has 6 N–H and O–H groups in total. The highest BCUT2D eigenvalue weighted by molar-refractivity contribution is 6.00. The number of benzene rings is 1. The van der Waals surface area contributed by atoms with Crippen LogP contribution in [0.15, 0.2) is 58.4 Å². The van der Waals surface area contributed by atoms with Gasteiger partial charge in [-0.2, -0.15) is 9.78 Å². The first kappa shape index (κ1) is 22.1. The lowest BCUT2D eigenvalue weighted by Gasteiger charge is -2.11. The summed E-state index contributed by atoms with van der Waals surface area (Å²) in [5.74, 6) is -1.27. The maximum Gasteiger partial charge on any atom is 0.293 e. The molecule has 0 atom stereocenters. The number of nitrogen functional groups attached to an aromatic ring is 1. The average molecular weight is 461 g/mol. The summed E-state index contributed by atoms with van der Waals surface area (Å²) >= 11 is 0. The highest BCUT2D eigenvalue weighted by Crippen LogP contribution is 2.19. The topological polar surface area (TPSA) is 205 Å². The van der Waals surface area contributed by atoms with E-state index in [9.17, 15) is 9.59 Å². The molecule has 0 aliphatic rings. The number of nitrogens with two attached hydrogens (primary N) is 2. The zero-order chi connectivity index (χ0) is 24.1. The highest BCUT2D eigenvalue weighted by Gasteiger charge is 2.24. The largest absolute Gasteiger partial charge is 0.379 e. The number of nitrogens with zero attached hydrogens (tertiary/aromatic N) is 7. The molecule has 1 aromatic carbocycles. The second-order valence-corrected chi connectivity index (χ2v) is 6.89. The Labute approximate surface area is 192 Å². The number of amides is 2. The summed E-state index contributed by atoms with van der Waals surface area (Å²) in [4.78, 5) is 28.8. The van der Waals surface area contributed by atoms with Crippen molar-refractivity contribution in [3.63, 3.8) is 0 Å². The van der Waals surface area contributed by atoms with Crippen molar-refractivity contribution in [1.29, 1.82) is 0 Å². The van der Waals surface area contributed by atoms with E-state index >= 15 is 0 Å². The van der Waals surface area contributed by atoms with Gasteiger partial charge in [-0.05, 0) is 41.5 Å². The summed E-state index contributed by atoms with van der Waals surface area (Å²) in [6.45, 7) is 1.69. The standard InChI is InChI=1S/C20H19N11O3/c1-11(13-7-4-5-9-23-13)25-27-20(33)16-15(31(30-26-16)19-17(21)28-34-29-19)10-24-14-8-3-2-6-12(14)18(22)32/h2-9,24H,10H2,1H3,(H2,21,28)(H2,22,32)(H,27,33)/b25-11-. The summed E-state index contributed by atoms with van der Waals surface area (Å²) in [7, 11) is 0. The molecule has 4 rings (SSSR count). The molecule has 0 radical (unpaired) electrons. The van der Waals surface area contributed by atoms with Gasteiger partial charge in [-0.3, -0.25) is 14.6 Å². The van der Waals surface area contributed by atoms with Crippen molar-refractivity contribution in [2.24, 2.45) is 10.8 Å². The van der Waals surface area contributed by atoms with Gasteiger partial charge in [0.25, 0.3) is 11.8 Å². The minimum atomic E-state index is -0.642. The molecule has 14 heteroatoms. The van der Waals surface area contributed by atoms with E-state index in [1.165, 1.54) is 4.68 Å². The summed E-state index contributed by atoms with van der Waals surface area (Å²) in [5, 5.41) is 22.3. The van der Waals surface area contributed by atoms with Crippen LogP contribution in [0.2, 0.25) is 0 Å². The second-order valence-electron chi connectivity index (χ2n) is 6.89. The fourth-order valence-corrected chi connectivity index (χ4v) is 3.00. The average Bonchev–Trinajstić information content (AvgIpc) is 3.47. The summed E-state index contributed by atoms with van der Waals surface area (Å²) in [5.41, 5.74) is 15.7. The van der Waals surface area contributed by atoms with E-state index in [1.54, 1.807) is 55.6 Å². The third-order valence-electron chi connectivity index (χ3n) is 4.67. The number of hydrogen-bond acceptors (Lipinski definition) is 11. The van der Waals surface area contributed by atoms with Crippen molar-refractivity contribution in [1.82, 2.24) is 35.7 Å². The molecule has 4 aromatic rings. The van der Waals surface area contributed by atoms with E-state index in [0.717, 1.165) is 0 Å². The Morgan fingerprint density at radius 1 is 1.15 bits per heavy atom. The SMILES string of the molecule is C/C(=N/NC(=O)c1nnn(-c2nonc2N)c1CNc1ccccc1C(N)=O)c1ccccn1. The molecule has 0 saturated heterocycles. The Hall–Kier alpha value is -5.14. The highest BCUT2D eigenvalue weighted by atomic mass is 16.6. The number of carbonyl (C=O) groups is 2. The molecule has 0 aliphatic carbocycles. The fourth-order valence-electron chi connectivity index (χ4n) is 3.00. The van der Waals surface area contributed by atoms with Crippen LogP contribution in [0.4, 0.5) is 11.5 Å². The molecule has 172 valence electrons. The van der Waals surface area contributed by atoms with Crippen LogP contribution in [0, 0.1) is 0 Å². The third kappa shape index (κ3) is 4.55. The first-order chi connectivity index (χ1) is 16.5. The third-order valence-corrected chi connectivity index (χ3v) is 4.67. The summed E-state index contributed by atoms with van der Waals surface area (Å²) in [6, 6.07) is 12.0. The van der Waals surface area contributed by atoms with Gasteiger partial charge in [0.2, 0.25) is 11.6 Å². The van der Waals surface area contributed by atoms with Crippen LogP contribution in [0.25, 0.3) is 5.82 Å². The lowest BCUT2D eigenvalue weighted by molar-refractivity contribution is 0.0947. The molecular formula is C20H19N11O3. The molecule has 14 nitrogen and oxygen atoms in total. The predicted molar refractivity (Wildman–Crippen MR) is 120 cm³/mol. The number of anilines is 2. The number of aromatic nitrogens is 6. The van der Waals surface area contributed by atoms with E-state index in [2.05, 4.69) is 46.1 Å². The molecule has 3 aromatic heterocycles. The molecule has 34 heavy (non-hydrogen) atoms. The van der Waals surface area contributed by atoms with Crippen molar-refractivity contribution >= 4 is 29.0 Å². The van der Waals surface area contributed by atoms with Crippen molar-refractivity contribution in [2.75, 3.05) is 11.1 Å². The van der Waals surface area contributed by atoms with Gasteiger partial charge < -0.3 is 16.8 Å². The molecule has 0 fully saturated rings. The Morgan fingerprint density at radius 2 is 1.94 bits per heavy atom. The smallest absolute Gasteiger partial charge is 0.293 e. The number of primary amides is 1. The van der Waals surface area contributed by atoms with Crippen LogP contribution in [0.3, 0.4) is 0 Å². The summed E-state index contributed by atoms with van der Waals surface area (Å²) in [6.07, 6.45) is 1.62. The van der Waals surface area contributed by atoms with Crippen LogP contribution in [0.5, 0.6) is 0 Å². The van der Waals surface area contributed by atoms with Gasteiger partial charge in [0, 0.05) is 11.9 Å². The maximum absolute atomic E-state index is 12.9. The van der Waals surface area contributed by atoms with E-state index in [0.29, 0.717) is 17.1 Å². The molecule has 0 saturated carbocycles. The molecule has 3 heterocycles. The van der Waals surface area contributed by atoms with Crippen LogP contribution in [-0.4, -0.2) is 47.8 Å². The minimum absolute atomic E-state index is 0.00468. The number of pyridine rings is 1. The lowest BCUT2D eigenvalue weighted by atomic mass is 10.1. The molecule has 0 spiro atoms. The van der Waals surface area contributed by atoms with E-state index in [1.807, 2.05) is 0 Å². The van der Waals surface area contributed by atoms with Crippen LogP contribution in [-0.2, 0) is 6.54 Å². The van der Waals surface area contributed by atoms with Gasteiger partial charge in [-0.1, -0.05) is 23.4 Å². The first-order valence-electron chi connectivity index (χ1n) is 9.87. The van der Waals surface area contributed by atoms with Crippen molar-refractivity contribution in [3.05, 3.63) is 71.3 Å². The lowest BCUT2D eigenvalue weighted by Crippen LogP contribution is -2.23. The zero-order valence-corrected chi connectivity index (χ0v) is 17.8. The van der Waals surface area contributed by atoms with E-state index in [-0.39, 0.29) is 35.1 Å². The van der Waals surface area contributed by atoms with Crippen LogP contribution < -0.4 is 22.2 Å². The summed E-state index contributed by atoms with van der Waals surface area (Å²) < 4.78 is 5.85. The molecule has 2 amide bonds. The van der Waals surface area contributed by atoms with Crippen LogP contribution in [0.1, 0.15) is 39.2 Å². The molecule has 0 aliphatic heterocycles. The Morgan fingerprint density at radius 3 is 2.65 bits per heavy atom. The molecule has 0 bridgehead atoms. The number of carbonyl (C=O) groups excluding carboxylic acids is 2. The van der Waals surface area contributed by atoms with Gasteiger partial charge in [-0.15, -0.1) is 5.10 Å².